The summed E-state index contributed by atoms with van der Waals surface area (Å²) in [5, 5.41) is 7.42. The smallest absolute Gasteiger partial charge is 0.340 e. The van der Waals surface area contributed by atoms with Crippen LogP contribution in [0.2, 0.25) is 0 Å². The van der Waals surface area contributed by atoms with Crippen molar-refractivity contribution in [1.82, 2.24) is 15.1 Å². The fourth-order valence-electron chi connectivity index (χ4n) is 2.15. The van der Waals surface area contributed by atoms with Crippen LogP contribution in [-0.4, -0.2) is 59.1 Å². The molecule has 0 radical (unpaired) electrons. The average molecular weight is 321 g/mol. The summed E-state index contributed by atoms with van der Waals surface area (Å²) in [4.78, 5) is 48.8. The van der Waals surface area contributed by atoms with Gasteiger partial charge in [0, 0.05) is 7.05 Å². The molecule has 0 spiro atoms. The second kappa shape index (κ2) is 6.51. The van der Waals surface area contributed by atoms with Gasteiger partial charge in [0.15, 0.2) is 5.69 Å². The maximum atomic E-state index is 12.2. The summed E-state index contributed by atoms with van der Waals surface area (Å²) in [5.41, 5.74) is -0.692. The second-order valence-corrected chi connectivity index (χ2v) is 4.62. The molecule has 1 aromatic rings. The van der Waals surface area contributed by atoms with E-state index in [1.54, 1.807) is 13.8 Å². The Morgan fingerprint density at radius 1 is 1.04 bits per heavy atom. The van der Waals surface area contributed by atoms with E-state index in [1.165, 1.54) is 7.05 Å². The first kappa shape index (κ1) is 16.5. The molecule has 0 aliphatic carbocycles. The van der Waals surface area contributed by atoms with Gasteiger partial charge in [-0.15, -0.1) is 5.10 Å². The van der Waals surface area contributed by atoms with Crippen molar-refractivity contribution in [3.8, 4) is 0 Å². The second-order valence-electron chi connectivity index (χ2n) is 4.62. The van der Waals surface area contributed by atoms with Crippen LogP contribution in [0, 0.1) is 0 Å². The molecular formula is C14H15N3O6. The number of carbonyl (C=O) groups excluding carboxylic acids is 4. The molecule has 0 saturated heterocycles. The predicted molar refractivity (Wildman–Crippen MR) is 74.7 cm³/mol. The third-order valence-corrected chi connectivity index (χ3v) is 3.17. The van der Waals surface area contributed by atoms with Gasteiger partial charge in [0.2, 0.25) is 0 Å². The lowest BCUT2D eigenvalue weighted by atomic mass is 10.0. The maximum absolute atomic E-state index is 12.2. The zero-order valence-corrected chi connectivity index (χ0v) is 12.9. The van der Waals surface area contributed by atoms with Gasteiger partial charge >= 0.3 is 11.9 Å². The SMILES string of the molecule is CCOC(=O)Cc1nnc2c(c1C(=O)OCC)C(=O)N(C)C2=O. The molecule has 0 bridgehead atoms. The van der Waals surface area contributed by atoms with E-state index in [0.717, 1.165) is 4.90 Å². The van der Waals surface area contributed by atoms with E-state index in [0.29, 0.717) is 0 Å². The standard InChI is InChI=1S/C14H15N3O6/c1-4-22-8(18)6-7-9(14(21)23-5-2)10-11(16-15-7)13(20)17(3)12(10)19/h4-6H2,1-3H3. The molecule has 2 heterocycles. The minimum atomic E-state index is -0.839. The Morgan fingerprint density at radius 3 is 2.30 bits per heavy atom. The van der Waals surface area contributed by atoms with E-state index in [9.17, 15) is 19.2 Å². The average Bonchev–Trinajstić information content (AvgIpc) is 2.72. The van der Waals surface area contributed by atoms with Gasteiger partial charge in [-0.05, 0) is 13.8 Å². The first-order valence-electron chi connectivity index (χ1n) is 6.97. The lowest BCUT2D eigenvalue weighted by Gasteiger charge is -2.10. The number of amides is 2. The minimum absolute atomic E-state index is 0.0582. The first-order valence-corrected chi connectivity index (χ1v) is 6.97. The van der Waals surface area contributed by atoms with Crippen LogP contribution in [0.4, 0.5) is 0 Å². The van der Waals surface area contributed by atoms with Crippen molar-refractivity contribution in [3.63, 3.8) is 0 Å². The third-order valence-electron chi connectivity index (χ3n) is 3.17. The molecule has 9 heteroatoms. The maximum Gasteiger partial charge on any atom is 0.340 e. The molecule has 1 aliphatic rings. The molecule has 2 rings (SSSR count). The topological polar surface area (TPSA) is 116 Å². The molecule has 0 N–H and O–H groups in total. The van der Waals surface area contributed by atoms with Crippen LogP contribution in [0.5, 0.6) is 0 Å². The van der Waals surface area contributed by atoms with Crippen LogP contribution in [-0.2, 0) is 20.7 Å². The van der Waals surface area contributed by atoms with Gasteiger partial charge in [0.25, 0.3) is 11.8 Å². The Hall–Kier alpha value is -2.84. The molecule has 0 aromatic carbocycles. The van der Waals surface area contributed by atoms with Gasteiger partial charge < -0.3 is 9.47 Å². The normalized spacial score (nSPS) is 13.1. The highest BCUT2D eigenvalue weighted by molar-refractivity contribution is 6.23. The van der Waals surface area contributed by atoms with Gasteiger partial charge in [-0.25, -0.2) is 4.79 Å². The van der Waals surface area contributed by atoms with Crippen molar-refractivity contribution in [2.45, 2.75) is 20.3 Å². The predicted octanol–water partition coefficient (Wildman–Crippen LogP) is -0.0153. The van der Waals surface area contributed by atoms with Crippen molar-refractivity contribution in [1.29, 1.82) is 0 Å². The Morgan fingerprint density at radius 2 is 1.70 bits per heavy atom. The molecule has 1 aromatic heterocycles. The fraction of sp³-hybridized carbons (Fsp3) is 0.429. The van der Waals surface area contributed by atoms with Gasteiger partial charge in [-0.3, -0.25) is 19.3 Å². The number of fused-ring (bicyclic) bond motifs is 1. The number of ether oxygens (including phenoxy) is 2. The van der Waals surface area contributed by atoms with Crippen LogP contribution in [0.1, 0.15) is 50.7 Å². The molecule has 0 fully saturated rings. The molecule has 2 amide bonds. The fourth-order valence-corrected chi connectivity index (χ4v) is 2.15. The van der Waals surface area contributed by atoms with Crippen molar-refractivity contribution in [2.75, 3.05) is 20.3 Å². The van der Waals surface area contributed by atoms with E-state index >= 15 is 0 Å². The summed E-state index contributed by atoms with van der Waals surface area (Å²) >= 11 is 0. The highest BCUT2D eigenvalue weighted by atomic mass is 16.5. The largest absolute Gasteiger partial charge is 0.466 e. The first-order chi connectivity index (χ1) is 10.9. The Labute approximate surface area is 131 Å². The molecule has 122 valence electrons. The molecule has 0 unspecified atom stereocenters. The van der Waals surface area contributed by atoms with E-state index in [-0.39, 0.29) is 42.1 Å². The lowest BCUT2D eigenvalue weighted by molar-refractivity contribution is -0.142. The molecule has 9 nitrogen and oxygen atoms in total. The molecule has 23 heavy (non-hydrogen) atoms. The number of aromatic nitrogens is 2. The lowest BCUT2D eigenvalue weighted by Crippen LogP contribution is -2.25. The van der Waals surface area contributed by atoms with Gasteiger partial charge in [0.1, 0.15) is 0 Å². The Kier molecular flexibility index (Phi) is 4.68. The summed E-state index contributed by atoms with van der Waals surface area (Å²) in [6.45, 7) is 3.45. The van der Waals surface area contributed by atoms with Crippen molar-refractivity contribution in [2.24, 2.45) is 0 Å². The number of rotatable bonds is 5. The Bertz CT molecular complexity index is 700. The summed E-state index contributed by atoms with van der Waals surface area (Å²) in [6, 6.07) is 0. The van der Waals surface area contributed by atoms with Crippen LogP contribution < -0.4 is 0 Å². The highest BCUT2D eigenvalue weighted by Crippen LogP contribution is 2.25. The number of hydrogen-bond acceptors (Lipinski definition) is 8. The van der Waals surface area contributed by atoms with Crippen LogP contribution in [0.25, 0.3) is 0 Å². The number of carbonyl (C=O) groups is 4. The summed E-state index contributed by atoms with van der Waals surface area (Å²) in [6.07, 6.45) is -0.354. The third kappa shape index (κ3) is 2.89. The van der Waals surface area contributed by atoms with E-state index < -0.39 is 23.8 Å². The van der Waals surface area contributed by atoms with Gasteiger partial charge in [-0.2, -0.15) is 5.10 Å². The molecule has 1 aliphatic heterocycles. The number of hydrogen-bond donors (Lipinski definition) is 0. The highest BCUT2D eigenvalue weighted by Gasteiger charge is 2.40. The Balaban J connectivity index is 2.57. The van der Waals surface area contributed by atoms with E-state index in [2.05, 4.69) is 10.2 Å². The van der Waals surface area contributed by atoms with Crippen LogP contribution in [0.15, 0.2) is 0 Å². The van der Waals surface area contributed by atoms with E-state index in [4.69, 9.17) is 9.47 Å². The molecule has 0 atom stereocenters. The van der Waals surface area contributed by atoms with E-state index in [1.807, 2.05) is 0 Å². The summed E-state index contributed by atoms with van der Waals surface area (Å²) in [7, 11) is 1.27. The van der Waals surface area contributed by atoms with Crippen molar-refractivity contribution < 1.29 is 28.7 Å². The van der Waals surface area contributed by atoms with Crippen LogP contribution in [0.3, 0.4) is 0 Å². The van der Waals surface area contributed by atoms with Gasteiger partial charge in [0.05, 0.1) is 36.5 Å². The zero-order valence-electron chi connectivity index (χ0n) is 12.9. The zero-order chi connectivity index (χ0) is 17.1. The molecular weight excluding hydrogens is 306 g/mol. The quantitative estimate of drug-likeness (QED) is 0.549. The monoisotopic (exact) mass is 321 g/mol. The summed E-state index contributed by atoms with van der Waals surface area (Å²) in [5.74, 6) is -2.81. The van der Waals surface area contributed by atoms with Crippen molar-refractivity contribution in [3.05, 3.63) is 22.5 Å². The minimum Gasteiger partial charge on any atom is -0.466 e. The molecule has 0 saturated carbocycles. The van der Waals surface area contributed by atoms with Crippen molar-refractivity contribution >= 4 is 23.8 Å². The number of esters is 2. The summed E-state index contributed by atoms with van der Waals surface area (Å²) < 4.78 is 9.72. The van der Waals surface area contributed by atoms with Crippen LogP contribution >= 0.6 is 0 Å². The number of nitrogens with zero attached hydrogens (tertiary/aromatic N) is 3. The van der Waals surface area contributed by atoms with Gasteiger partial charge in [-0.1, -0.05) is 0 Å². The number of imide groups is 1.